The maximum Gasteiger partial charge on any atom is 0.224 e. The Morgan fingerprint density at radius 2 is 1.08 bits per heavy atom. The third kappa shape index (κ3) is 5.99. The Balaban J connectivity index is 3.73. The molecular weight excluding hydrogens is 428 g/mol. The zero-order valence-electron chi connectivity index (χ0n) is 14.5. The van der Waals surface area contributed by atoms with Crippen LogP contribution >= 0.6 is 0 Å². The molecule has 0 saturated carbocycles. The van der Waals surface area contributed by atoms with Gasteiger partial charge in [0.1, 0.15) is 0 Å². The van der Waals surface area contributed by atoms with Crippen molar-refractivity contribution in [3.05, 3.63) is 35.9 Å². The van der Waals surface area contributed by atoms with E-state index < -0.39 is 52.7 Å². The molecule has 0 radical (unpaired) electrons. The summed E-state index contributed by atoms with van der Waals surface area (Å²) in [5.41, 5.74) is 0.112. The average molecular weight is 449 g/mol. The number of hydrogen-bond acceptors (Lipinski definition) is 8. The molecule has 0 unspecified atom stereocenters. The van der Waals surface area contributed by atoms with Crippen molar-refractivity contribution in [2.24, 2.45) is 0 Å². The van der Waals surface area contributed by atoms with Gasteiger partial charge in [-0.05, 0) is 5.56 Å². The standard InChI is InChI=1S/C12H20N2O8S4/c1-23(15,16)13(24(2,17)18)10-12(11-8-6-5-7-9-11)14(25(3,19)20)26(4,21)22/h5-9,12H,10H2,1-4H3/t12-/m1/s1. The maximum atomic E-state index is 12.1. The summed E-state index contributed by atoms with van der Waals surface area (Å²) in [5, 5.41) is 0. The van der Waals surface area contributed by atoms with Crippen molar-refractivity contribution < 1.29 is 33.7 Å². The van der Waals surface area contributed by atoms with Crippen LogP contribution in [0.1, 0.15) is 11.6 Å². The summed E-state index contributed by atoms with van der Waals surface area (Å²) in [6.45, 7) is -0.929. The highest BCUT2D eigenvalue weighted by molar-refractivity contribution is 8.04. The van der Waals surface area contributed by atoms with Gasteiger partial charge in [-0.25, -0.2) is 33.7 Å². The van der Waals surface area contributed by atoms with E-state index >= 15 is 0 Å². The lowest BCUT2D eigenvalue weighted by atomic mass is 10.1. The van der Waals surface area contributed by atoms with E-state index in [1.54, 1.807) is 6.07 Å². The largest absolute Gasteiger partial charge is 0.224 e. The molecule has 0 aliphatic carbocycles. The molecule has 1 aromatic carbocycles. The molecule has 0 aliphatic rings. The Morgan fingerprint density at radius 1 is 0.692 bits per heavy atom. The fourth-order valence-electron chi connectivity index (χ4n) is 2.34. The number of nitrogens with zero attached hydrogens (tertiary/aromatic N) is 2. The van der Waals surface area contributed by atoms with Gasteiger partial charge < -0.3 is 0 Å². The lowest BCUT2D eigenvalue weighted by molar-refractivity contribution is 0.388. The topological polar surface area (TPSA) is 143 Å². The summed E-state index contributed by atoms with van der Waals surface area (Å²) in [7, 11) is -17.4. The van der Waals surface area contributed by atoms with Crippen LogP contribution in [-0.2, 0) is 40.1 Å². The number of sulfonamides is 4. The van der Waals surface area contributed by atoms with Gasteiger partial charge in [-0.2, -0.15) is 0 Å². The van der Waals surface area contributed by atoms with Crippen molar-refractivity contribution in [2.45, 2.75) is 6.04 Å². The summed E-state index contributed by atoms with van der Waals surface area (Å²) < 4.78 is 96.2. The second kappa shape index (κ2) is 7.52. The number of benzene rings is 1. The Bertz CT molecular complexity index is 997. The molecule has 150 valence electrons. The van der Waals surface area contributed by atoms with Crippen molar-refractivity contribution in [3.8, 4) is 0 Å². The zero-order valence-corrected chi connectivity index (χ0v) is 17.7. The molecule has 0 saturated heterocycles. The summed E-state index contributed by atoms with van der Waals surface area (Å²) in [6.07, 6.45) is 2.52. The Morgan fingerprint density at radius 3 is 1.38 bits per heavy atom. The number of hydrogen-bond donors (Lipinski definition) is 0. The van der Waals surface area contributed by atoms with E-state index in [-0.39, 0.29) is 13.0 Å². The van der Waals surface area contributed by atoms with Gasteiger partial charge in [0.05, 0.1) is 37.6 Å². The van der Waals surface area contributed by atoms with Crippen LogP contribution in [-0.4, -0.2) is 72.7 Å². The lowest BCUT2D eigenvalue weighted by Gasteiger charge is -2.31. The smallest absolute Gasteiger partial charge is 0.212 e. The molecule has 0 aromatic heterocycles. The molecule has 26 heavy (non-hydrogen) atoms. The van der Waals surface area contributed by atoms with Gasteiger partial charge in [0, 0.05) is 0 Å². The first kappa shape index (κ1) is 23.0. The van der Waals surface area contributed by atoms with Crippen LogP contribution in [0.25, 0.3) is 0 Å². The highest BCUT2D eigenvalue weighted by atomic mass is 32.3. The van der Waals surface area contributed by atoms with Crippen molar-refractivity contribution >= 4 is 40.1 Å². The molecule has 1 rings (SSSR count). The molecule has 0 aliphatic heterocycles. The van der Waals surface area contributed by atoms with Crippen LogP contribution in [0.15, 0.2) is 30.3 Å². The average Bonchev–Trinajstić information content (AvgIpc) is 2.38. The molecule has 0 bridgehead atoms. The summed E-state index contributed by atoms with van der Waals surface area (Å²) in [5.74, 6) is 0. The fourth-order valence-corrected chi connectivity index (χ4v) is 8.40. The Labute approximate surface area is 154 Å². The first-order valence-electron chi connectivity index (χ1n) is 6.88. The maximum absolute atomic E-state index is 12.1. The molecule has 10 nitrogen and oxygen atoms in total. The van der Waals surface area contributed by atoms with E-state index in [2.05, 4.69) is 0 Å². The van der Waals surface area contributed by atoms with Gasteiger partial charge in [-0.1, -0.05) is 37.8 Å². The molecule has 1 aromatic rings. The third-order valence-electron chi connectivity index (χ3n) is 3.15. The van der Waals surface area contributed by atoms with Crippen molar-refractivity contribution in [2.75, 3.05) is 31.6 Å². The van der Waals surface area contributed by atoms with E-state index in [1.807, 2.05) is 0 Å². The molecule has 0 heterocycles. The van der Waals surface area contributed by atoms with Crippen LogP contribution in [0.3, 0.4) is 0 Å². The summed E-state index contributed by atoms with van der Waals surface area (Å²) in [6, 6.07) is 5.68. The van der Waals surface area contributed by atoms with Crippen molar-refractivity contribution in [1.29, 1.82) is 0 Å². The van der Waals surface area contributed by atoms with Crippen LogP contribution in [0.5, 0.6) is 0 Å². The second-order valence-corrected chi connectivity index (χ2v) is 13.7. The van der Waals surface area contributed by atoms with E-state index in [4.69, 9.17) is 0 Å². The molecule has 14 heteroatoms. The first-order valence-corrected chi connectivity index (χ1v) is 14.3. The van der Waals surface area contributed by atoms with Crippen LogP contribution in [0.2, 0.25) is 0 Å². The van der Waals surface area contributed by atoms with Crippen LogP contribution < -0.4 is 0 Å². The van der Waals surface area contributed by atoms with E-state index in [9.17, 15) is 33.7 Å². The minimum Gasteiger partial charge on any atom is -0.212 e. The first-order chi connectivity index (χ1) is 11.5. The Kier molecular flexibility index (Phi) is 6.64. The predicted octanol–water partition coefficient (Wildman–Crippen LogP) is -0.830. The fraction of sp³-hybridized carbons (Fsp3) is 0.500. The molecule has 1 atom stereocenters. The van der Waals surface area contributed by atoms with Crippen molar-refractivity contribution in [3.63, 3.8) is 0 Å². The molecule has 0 fully saturated rings. The molecule has 0 N–H and O–H groups in total. The summed E-state index contributed by atoms with van der Waals surface area (Å²) in [4.78, 5) is 0. The zero-order chi connectivity index (χ0) is 20.6. The van der Waals surface area contributed by atoms with Gasteiger partial charge in [0.25, 0.3) is 0 Å². The number of rotatable bonds is 8. The molecular formula is C12H20N2O8S4. The van der Waals surface area contributed by atoms with Gasteiger partial charge in [0.15, 0.2) is 0 Å². The molecule has 0 amide bonds. The third-order valence-corrected chi connectivity index (χ3v) is 10.00. The quantitative estimate of drug-likeness (QED) is 0.501. The highest BCUT2D eigenvalue weighted by Gasteiger charge is 2.40. The van der Waals surface area contributed by atoms with Crippen LogP contribution in [0, 0.1) is 0 Å². The van der Waals surface area contributed by atoms with Crippen LogP contribution in [0.4, 0.5) is 0 Å². The molecule has 0 spiro atoms. The minimum absolute atomic E-state index is 0.0705. The SMILES string of the molecule is CS(=O)(=O)N(C[C@H](c1ccccc1)N(S(C)(=O)=O)S(C)(=O)=O)S(C)(=O)=O. The van der Waals surface area contributed by atoms with Gasteiger partial charge in [-0.3, -0.25) is 0 Å². The van der Waals surface area contributed by atoms with Crippen molar-refractivity contribution in [1.82, 2.24) is 7.42 Å². The Hall–Kier alpha value is -1.06. The van der Waals surface area contributed by atoms with Gasteiger partial charge in [0.2, 0.25) is 40.1 Å². The lowest BCUT2D eigenvalue weighted by Crippen LogP contribution is -2.46. The monoisotopic (exact) mass is 448 g/mol. The summed E-state index contributed by atoms with van der Waals surface area (Å²) >= 11 is 0. The highest BCUT2D eigenvalue weighted by Crippen LogP contribution is 2.28. The minimum atomic E-state index is -4.38. The van der Waals surface area contributed by atoms with E-state index in [1.165, 1.54) is 24.3 Å². The second-order valence-electron chi connectivity index (χ2n) is 5.66. The van der Waals surface area contributed by atoms with Gasteiger partial charge >= 0.3 is 0 Å². The van der Waals surface area contributed by atoms with E-state index in [0.717, 1.165) is 0 Å². The van der Waals surface area contributed by atoms with Gasteiger partial charge in [-0.15, -0.1) is 0 Å². The van der Waals surface area contributed by atoms with E-state index in [0.29, 0.717) is 25.0 Å². The normalized spacial score (nSPS) is 15.3. The predicted molar refractivity (Wildman–Crippen MR) is 97.1 cm³/mol.